The normalized spacial score (nSPS) is 22.2. The number of allylic oxidation sites excluding steroid dienone is 1. The van der Waals surface area contributed by atoms with Crippen molar-refractivity contribution in [2.45, 2.75) is 39.0 Å². The molecule has 196 valence electrons. The Kier molecular flexibility index (Phi) is 5.79. The number of primary amides is 1. The van der Waals surface area contributed by atoms with Crippen LogP contribution in [-0.2, 0) is 21.4 Å². The van der Waals surface area contributed by atoms with Crippen molar-refractivity contribution >= 4 is 11.7 Å². The zero-order valence-electron chi connectivity index (χ0n) is 22.0. The fourth-order valence-electron chi connectivity index (χ4n) is 6.36. The number of nitrogens with two attached hydrogens (primary N) is 1. The fraction of sp³-hybridized carbons (Fsp3) is 0.258. The van der Waals surface area contributed by atoms with Gasteiger partial charge in [0.2, 0.25) is 0 Å². The van der Waals surface area contributed by atoms with Crippen LogP contribution < -0.4 is 5.73 Å². The first-order valence-electron chi connectivity index (χ1n) is 13.0. The Morgan fingerprint density at radius 3 is 2.46 bits per heavy atom. The molecule has 0 fully saturated rings. The molecular formula is C31H28FN5O2. The largest absolute Gasteiger partial charge is 0.365 e. The van der Waals surface area contributed by atoms with Gasteiger partial charge in [0.15, 0.2) is 5.78 Å². The highest BCUT2D eigenvalue weighted by Gasteiger charge is 2.51. The molecule has 2 N–H and O–H groups in total. The number of aromatic nitrogens is 4. The van der Waals surface area contributed by atoms with Gasteiger partial charge in [-0.25, -0.2) is 9.07 Å². The number of hydrogen-bond acceptors (Lipinski definition) is 5. The molecule has 0 aliphatic heterocycles. The van der Waals surface area contributed by atoms with Crippen LogP contribution in [-0.4, -0.2) is 31.7 Å². The minimum absolute atomic E-state index is 0.0287. The Hall–Kier alpha value is -4.46. The maximum absolute atomic E-state index is 13.8. The summed E-state index contributed by atoms with van der Waals surface area (Å²) < 4.78 is 15.7. The number of Topliss-reactive ketones (excluding diaryl/α,β-unsaturated/α-hetero) is 1. The summed E-state index contributed by atoms with van der Waals surface area (Å²) in [5.74, 6) is -1.63. The molecule has 3 atom stereocenters. The van der Waals surface area contributed by atoms with Crippen LogP contribution >= 0.6 is 0 Å². The zero-order valence-corrected chi connectivity index (χ0v) is 22.0. The predicted molar refractivity (Wildman–Crippen MR) is 145 cm³/mol. The highest BCUT2D eigenvalue weighted by molar-refractivity contribution is 6.20. The quantitative estimate of drug-likeness (QED) is 0.385. The first kappa shape index (κ1) is 24.9. The number of ketones is 1. The first-order valence-corrected chi connectivity index (χ1v) is 13.0. The second kappa shape index (κ2) is 9.08. The number of aryl methyl sites for hydroxylation is 1. The molecule has 0 unspecified atom stereocenters. The van der Waals surface area contributed by atoms with Gasteiger partial charge in [0, 0.05) is 28.0 Å². The third-order valence-electron chi connectivity index (χ3n) is 8.28. The lowest BCUT2D eigenvalue weighted by Gasteiger charge is -2.45. The van der Waals surface area contributed by atoms with Gasteiger partial charge < -0.3 is 5.73 Å². The van der Waals surface area contributed by atoms with Crippen LogP contribution in [0.25, 0.3) is 28.2 Å². The summed E-state index contributed by atoms with van der Waals surface area (Å²) in [6.07, 6.45) is 4.93. The molecule has 0 spiro atoms. The van der Waals surface area contributed by atoms with Crippen molar-refractivity contribution in [3.05, 3.63) is 95.1 Å². The average Bonchev–Trinajstić information content (AvgIpc) is 3.32. The van der Waals surface area contributed by atoms with Crippen molar-refractivity contribution in [1.29, 1.82) is 0 Å². The number of amides is 1. The average molecular weight is 522 g/mol. The van der Waals surface area contributed by atoms with Crippen LogP contribution in [0, 0.1) is 24.6 Å². The maximum atomic E-state index is 13.8. The molecule has 2 aliphatic carbocycles. The molecule has 0 saturated carbocycles. The van der Waals surface area contributed by atoms with E-state index in [4.69, 9.17) is 10.8 Å². The molecule has 0 saturated heterocycles. The molecule has 6 rings (SSSR count). The number of rotatable bonds is 4. The van der Waals surface area contributed by atoms with E-state index in [9.17, 15) is 14.0 Å². The van der Waals surface area contributed by atoms with Gasteiger partial charge in [0.25, 0.3) is 5.91 Å². The predicted octanol–water partition coefficient (Wildman–Crippen LogP) is 4.89. The summed E-state index contributed by atoms with van der Waals surface area (Å²) in [7, 11) is 0. The van der Waals surface area contributed by atoms with Gasteiger partial charge in [0.1, 0.15) is 5.82 Å². The summed E-state index contributed by atoms with van der Waals surface area (Å²) in [4.78, 5) is 25.4. The van der Waals surface area contributed by atoms with Gasteiger partial charge in [-0.1, -0.05) is 32.1 Å². The van der Waals surface area contributed by atoms with Crippen LogP contribution in [0.1, 0.15) is 37.1 Å². The standard InChI is InChI=1S/C31H28FN5O2/c1-17-14-26(35-34-16-17)19-6-10-22(11-7-19)37-29-23(27(36-37)20-4-8-21(32)9-5-20)12-13-25-18(2)28(38)24(30(33)39)15-31(25,29)3/h4-11,14-16,18,25H,12-13H2,1-3H3,(H2,33,39)/t18-,25-,31-/m1/s1. The van der Waals surface area contributed by atoms with Crippen LogP contribution in [0.5, 0.6) is 0 Å². The SMILES string of the molecule is Cc1cnnc(-c2ccc(-n3nc(-c4ccc(F)cc4)c4c3[C@]3(C)C=C(C(N)=O)C(=O)[C@H](C)[C@H]3CC4)cc2)c1. The van der Waals surface area contributed by atoms with Gasteiger partial charge in [-0.15, -0.1) is 0 Å². The third-order valence-corrected chi connectivity index (χ3v) is 8.28. The lowest BCUT2D eigenvalue weighted by Crippen LogP contribution is -2.48. The third kappa shape index (κ3) is 3.98. The Bertz CT molecular complexity index is 1660. The van der Waals surface area contributed by atoms with E-state index in [0.29, 0.717) is 6.42 Å². The molecular weight excluding hydrogens is 493 g/mol. The van der Waals surface area contributed by atoms with Crippen molar-refractivity contribution in [3.63, 3.8) is 0 Å². The number of hydrogen-bond donors (Lipinski definition) is 1. The molecule has 2 aliphatic rings. The molecule has 2 heterocycles. The van der Waals surface area contributed by atoms with Crippen LogP contribution in [0.2, 0.25) is 0 Å². The van der Waals surface area contributed by atoms with E-state index in [2.05, 4.69) is 17.1 Å². The first-order chi connectivity index (χ1) is 18.7. The van der Waals surface area contributed by atoms with Crippen molar-refractivity contribution in [1.82, 2.24) is 20.0 Å². The number of fused-ring (bicyclic) bond motifs is 3. The second-order valence-electron chi connectivity index (χ2n) is 10.8. The summed E-state index contributed by atoms with van der Waals surface area (Å²) in [6.45, 7) is 5.91. The minimum Gasteiger partial charge on any atom is -0.365 e. The Balaban J connectivity index is 1.57. The molecule has 0 radical (unpaired) electrons. The second-order valence-corrected chi connectivity index (χ2v) is 10.8. The topological polar surface area (TPSA) is 104 Å². The van der Waals surface area contributed by atoms with Crippen molar-refractivity contribution < 1.29 is 14.0 Å². The van der Waals surface area contributed by atoms with E-state index >= 15 is 0 Å². The lowest BCUT2D eigenvalue weighted by atomic mass is 9.57. The molecule has 39 heavy (non-hydrogen) atoms. The molecule has 7 nitrogen and oxygen atoms in total. The van der Waals surface area contributed by atoms with Gasteiger partial charge in [-0.05, 0) is 73.7 Å². The van der Waals surface area contributed by atoms with E-state index in [1.54, 1.807) is 24.4 Å². The Morgan fingerprint density at radius 2 is 1.79 bits per heavy atom. The number of halogens is 1. The molecule has 0 bridgehead atoms. The van der Waals surface area contributed by atoms with Crippen LogP contribution in [0.15, 0.2) is 72.4 Å². The maximum Gasteiger partial charge on any atom is 0.252 e. The number of carbonyl (C=O) groups excluding carboxylic acids is 2. The van der Waals surface area contributed by atoms with E-state index in [0.717, 1.165) is 51.4 Å². The van der Waals surface area contributed by atoms with Gasteiger partial charge >= 0.3 is 0 Å². The fourth-order valence-corrected chi connectivity index (χ4v) is 6.36. The highest BCUT2D eigenvalue weighted by Crippen LogP contribution is 2.52. The van der Waals surface area contributed by atoms with Gasteiger partial charge in [-0.3, -0.25) is 9.59 Å². The summed E-state index contributed by atoms with van der Waals surface area (Å²) in [5, 5.41) is 13.4. The van der Waals surface area contributed by atoms with Gasteiger partial charge in [-0.2, -0.15) is 15.3 Å². The highest BCUT2D eigenvalue weighted by atomic mass is 19.1. The minimum atomic E-state index is -0.716. The Labute approximate surface area is 225 Å². The molecule has 4 aromatic rings. The zero-order chi connectivity index (χ0) is 27.5. The Morgan fingerprint density at radius 1 is 1.10 bits per heavy atom. The van der Waals surface area contributed by atoms with E-state index in [-0.39, 0.29) is 29.0 Å². The van der Waals surface area contributed by atoms with Crippen LogP contribution in [0.3, 0.4) is 0 Å². The molecule has 8 heteroatoms. The number of benzene rings is 2. The van der Waals surface area contributed by atoms with Crippen molar-refractivity contribution in [2.75, 3.05) is 0 Å². The summed E-state index contributed by atoms with van der Waals surface area (Å²) >= 11 is 0. The number of nitrogens with zero attached hydrogens (tertiary/aromatic N) is 4. The van der Waals surface area contributed by atoms with Gasteiger partial charge in [0.05, 0.1) is 34.5 Å². The summed E-state index contributed by atoms with van der Waals surface area (Å²) in [5.41, 5.74) is 12.1. The molecule has 1 amide bonds. The molecule has 2 aromatic carbocycles. The van der Waals surface area contributed by atoms with Crippen LogP contribution in [0.4, 0.5) is 4.39 Å². The molecule has 2 aromatic heterocycles. The monoisotopic (exact) mass is 521 g/mol. The van der Waals surface area contributed by atoms with E-state index in [1.807, 2.05) is 48.9 Å². The van der Waals surface area contributed by atoms with Crippen molar-refractivity contribution in [2.24, 2.45) is 17.6 Å². The summed E-state index contributed by atoms with van der Waals surface area (Å²) in [6, 6.07) is 16.2. The smallest absolute Gasteiger partial charge is 0.252 e. The van der Waals surface area contributed by atoms with Crippen molar-refractivity contribution in [3.8, 4) is 28.2 Å². The number of carbonyl (C=O) groups is 2. The lowest BCUT2D eigenvalue weighted by molar-refractivity contribution is -0.125. The van der Waals surface area contributed by atoms with E-state index in [1.165, 1.54) is 12.1 Å². The van der Waals surface area contributed by atoms with E-state index < -0.39 is 11.3 Å².